The Kier molecular flexibility index (Phi) is 4.31. The van der Waals surface area contributed by atoms with Gasteiger partial charge in [-0.05, 0) is 61.9 Å². The first-order valence-corrected chi connectivity index (χ1v) is 7.82. The molecule has 2 heteroatoms. The van der Waals surface area contributed by atoms with Crippen molar-refractivity contribution in [3.05, 3.63) is 41.5 Å². The molecular formula is C18H23NO. The van der Waals surface area contributed by atoms with Gasteiger partial charge in [-0.25, -0.2) is 0 Å². The van der Waals surface area contributed by atoms with E-state index in [1.54, 1.807) is 0 Å². The first kappa shape index (κ1) is 13.6. The van der Waals surface area contributed by atoms with Crippen LogP contribution in [0.15, 0.2) is 35.9 Å². The van der Waals surface area contributed by atoms with Gasteiger partial charge in [-0.1, -0.05) is 30.3 Å². The van der Waals surface area contributed by atoms with Gasteiger partial charge in [-0.2, -0.15) is 0 Å². The summed E-state index contributed by atoms with van der Waals surface area (Å²) in [4.78, 5) is 14.8. The standard InChI is InChI=1S/C18H23NO/c20-18-13-16(14-19-10-4-5-11-19)8-9-17(18)12-15-6-2-1-3-7-15/h1-3,6-7,12,16H,4-5,8-11,13-14H2/b17-12-. The lowest BCUT2D eigenvalue weighted by molar-refractivity contribution is -0.117. The highest BCUT2D eigenvalue weighted by Gasteiger charge is 2.26. The second-order valence-electron chi connectivity index (χ2n) is 6.12. The Bertz CT molecular complexity index is 485. The maximum Gasteiger partial charge on any atom is 0.159 e. The van der Waals surface area contributed by atoms with E-state index in [0.717, 1.165) is 30.5 Å². The molecule has 1 aromatic rings. The molecule has 1 unspecified atom stereocenters. The Morgan fingerprint density at radius 2 is 1.90 bits per heavy atom. The number of carbonyl (C=O) groups is 1. The minimum Gasteiger partial charge on any atom is -0.303 e. The Labute approximate surface area is 121 Å². The molecule has 2 aliphatic rings. The van der Waals surface area contributed by atoms with Crippen LogP contribution in [0.5, 0.6) is 0 Å². The van der Waals surface area contributed by atoms with E-state index in [4.69, 9.17) is 0 Å². The Hall–Kier alpha value is -1.41. The van der Waals surface area contributed by atoms with Crippen LogP contribution in [0.3, 0.4) is 0 Å². The number of rotatable bonds is 3. The monoisotopic (exact) mass is 269 g/mol. The lowest BCUT2D eigenvalue weighted by atomic mass is 9.84. The third-order valence-electron chi connectivity index (χ3n) is 4.51. The Morgan fingerprint density at radius 3 is 2.60 bits per heavy atom. The van der Waals surface area contributed by atoms with Crippen LogP contribution < -0.4 is 0 Å². The SMILES string of the molecule is O=C1CC(CN2CCCC2)CC/C1=C/c1ccccc1. The highest BCUT2D eigenvalue weighted by atomic mass is 16.1. The van der Waals surface area contributed by atoms with Crippen molar-refractivity contribution in [2.45, 2.75) is 32.1 Å². The number of allylic oxidation sites excluding steroid dienone is 1. The van der Waals surface area contributed by atoms with Crippen molar-refractivity contribution in [3.8, 4) is 0 Å². The zero-order chi connectivity index (χ0) is 13.8. The predicted molar refractivity (Wildman–Crippen MR) is 82.4 cm³/mol. The van der Waals surface area contributed by atoms with Gasteiger partial charge in [0.15, 0.2) is 5.78 Å². The number of Topliss-reactive ketones (excluding diaryl/α,β-unsaturated/α-hetero) is 1. The fraction of sp³-hybridized carbons (Fsp3) is 0.500. The van der Waals surface area contributed by atoms with Crippen LogP contribution in [0, 0.1) is 5.92 Å². The number of hydrogen-bond donors (Lipinski definition) is 0. The molecule has 0 aromatic heterocycles. The van der Waals surface area contributed by atoms with Gasteiger partial charge in [0.1, 0.15) is 0 Å². The van der Waals surface area contributed by atoms with Crippen molar-refractivity contribution in [2.24, 2.45) is 5.92 Å². The van der Waals surface area contributed by atoms with Crippen molar-refractivity contribution in [3.63, 3.8) is 0 Å². The average molecular weight is 269 g/mol. The minimum absolute atomic E-state index is 0.365. The van der Waals surface area contributed by atoms with Crippen LogP contribution in [-0.4, -0.2) is 30.3 Å². The normalized spacial score (nSPS) is 26.3. The molecule has 1 saturated carbocycles. The third-order valence-corrected chi connectivity index (χ3v) is 4.51. The first-order chi connectivity index (χ1) is 9.81. The van der Waals surface area contributed by atoms with E-state index < -0.39 is 0 Å². The molecule has 0 amide bonds. The van der Waals surface area contributed by atoms with E-state index in [-0.39, 0.29) is 0 Å². The second kappa shape index (κ2) is 6.36. The number of nitrogens with zero attached hydrogens (tertiary/aromatic N) is 1. The van der Waals surface area contributed by atoms with E-state index in [1.807, 2.05) is 18.2 Å². The highest BCUT2D eigenvalue weighted by molar-refractivity contribution is 6.00. The molecule has 1 atom stereocenters. The summed E-state index contributed by atoms with van der Waals surface area (Å²) in [6, 6.07) is 10.2. The second-order valence-corrected chi connectivity index (χ2v) is 6.12. The molecule has 1 saturated heterocycles. The van der Waals surface area contributed by atoms with Gasteiger partial charge in [0.2, 0.25) is 0 Å². The molecule has 2 fully saturated rings. The van der Waals surface area contributed by atoms with Crippen molar-refractivity contribution >= 4 is 11.9 Å². The van der Waals surface area contributed by atoms with E-state index in [9.17, 15) is 4.79 Å². The van der Waals surface area contributed by atoms with Crippen molar-refractivity contribution in [1.29, 1.82) is 0 Å². The molecule has 1 aliphatic heterocycles. The number of hydrogen-bond acceptors (Lipinski definition) is 2. The fourth-order valence-corrected chi connectivity index (χ4v) is 3.38. The molecule has 0 radical (unpaired) electrons. The van der Waals surface area contributed by atoms with Crippen LogP contribution in [0.25, 0.3) is 6.08 Å². The zero-order valence-corrected chi connectivity index (χ0v) is 12.1. The molecule has 1 heterocycles. The molecule has 0 N–H and O–H groups in total. The number of carbonyl (C=O) groups excluding carboxylic acids is 1. The topological polar surface area (TPSA) is 20.3 Å². The zero-order valence-electron chi connectivity index (χ0n) is 12.1. The minimum atomic E-state index is 0.365. The number of ketones is 1. The molecule has 1 aromatic carbocycles. The molecule has 20 heavy (non-hydrogen) atoms. The summed E-state index contributed by atoms with van der Waals surface area (Å²) in [7, 11) is 0. The average Bonchev–Trinajstić information content (AvgIpc) is 2.96. The summed E-state index contributed by atoms with van der Waals surface area (Å²) in [6.07, 6.45) is 7.61. The van der Waals surface area contributed by atoms with Gasteiger partial charge >= 0.3 is 0 Å². The van der Waals surface area contributed by atoms with E-state index in [1.165, 1.54) is 32.4 Å². The van der Waals surface area contributed by atoms with Gasteiger partial charge in [0, 0.05) is 13.0 Å². The van der Waals surface area contributed by atoms with Crippen molar-refractivity contribution in [2.75, 3.05) is 19.6 Å². The summed E-state index contributed by atoms with van der Waals surface area (Å²) in [6.45, 7) is 3.60. The van der Waals surface area contributed by atoms with E-state index in [2.05, 4.69) is 23.1 Å². The molecule has 0 bridgehead atoms. The summed E-state index contributed by atoms with van der Waals surface area (Å²) < 4.78 is 0. The van der Waals surface area contributed by atoms with Gasteiger partial charge in [0.05, 0.1) is 0 Å². The molecular weight excluding hydrogens is 246 g/mol. The van der Waals surface area contributed by atoms with Gasteiger partial charge in [-0.15, -0.1) is 0 Å². The summed E-state index contributed by atoms with van der Waals surface area (Å²) in [5.74, 6) is 0.942. The number of benzene rings is 1. The lowest BCUT2D eigenvalue weighted by Crippen LogP contribution is -2.30. The van der Waals surface area contributed by atoms with Crippen LogP contribution in [-0.2, 0) is 4.79 Å². The van der Waals surface area contributed by atoms with E-state index in [0.29, 0.717) is 11.7 Å². The first-order valence-electron chi connectivity index (χ1n) is 7.82. The molecule has 106 valence electrons. The molecule has 3 rings (SSSR count). The van der Waals surface area contributed by atoms with Gasteiger partial charge in [0.25, 0.3) is 0 Å². The fourth-order valence-electron chi connectivity index (χ4n) is 3.38. The smallest absolute Gasteiger partial charge is 0.159 e. The molecule has 1 aliphatic carbocycles. The Morgan fingerprint density at radius 1 is 1.15 bits per heavy atom. The van der Waals surface area contributed by atoms with E-state index >= 15 is 0 Å². The van der Waals surface area contributed by atoms with Crippen LogP contribution in [0.1, 0.15) is 37.7 Å². The quantitative estimate of drug-likeness (QED) is 0.782. The molecule has 2 nitrogen and oxygen atoms in total. The lowest BCUT2D eigenvalue weighted by Gasteiger charge is -2.27. The highest BCUT2D eigenvalue weighted by Crippen LogP contribution is 2.28. The Balaban J connectivity index is 1.59. The number of likely N-dealkylation sites (tertiary alicyclic amines) is 1. The van der Waals surface area contributed by atoms with Crippen LogP contribution in [0.2, 0.25) is 0 Å². The third kappa shape index (κ3) is 3.37. The predicted octanol–water partition coefficient (Wildman–Crippen LogP) is 3.54. The maximum atomic E-state index is 12.3. The summed E-state index contributed by atoms with van der Waals surface area (Å²) in [5, 5.41) is 0. The molecule has 0 spiro atoms. The maximum absolute atomic E-state index is 12.3. The van der Waals surface area contributed by atoms with Gasteiger partial charge in [-0.3, -0.25) is 4.79 Å². The van der Waals surface area contributed by atoms with Crippen molar-refractivity contribution < 1.29 is 4.79 Å². The summed E-state index contributed by atoms with van der Waals surface area (Å²) in [5.41, 5.74) is 2.17. The van der Waals surface area contributed by atoms with Crippen molar-refractivity contribution in [1.82, 2.24) is 4.90 Å². The largest absolute Gasteiger partial charge is 0.303 e. The summed E-state index contributed by atoms with van der Waals surface area (Å²) >= 11 is 0. The van der Waals surface area contributed by atoms with Crippen LogP contribution >= 0.6 is 0 Å². The van der Waals surface area contributed by atoms with Gasteiger partial charge < -0.3 is 4.90 Å². The van der Waals surface area contributed by atoms with Crippen LogP contribution in [0.4, 0.5) is 0 Å².